The number of H-pyrrole nitrogens is 1. The molecule has 0 atom stereocenters. The van der Waals surface area contributed by atoms with Crippen molar-refractivity contribution in [2.75, 3.05) is 13.2 Å². The van der Waals surface area contributed by atoms with Gasteiger partial charge in [0.05, 0.1) is 28.3 Å². The standard InChI is InChI=1S/C22H20F2N6O3S/c23-13-3-4-15-16(10-13)29-19(28-15)6-9-33-22(32)26-8-5-20-30-18(12-34-20)21(31)27-11-17-14(24)2-1-7-25-17/h1-4,7,10,12H,5-6,8-9,11H2,(H,26,32)(H,27,31)(H,28,29). The van der Waals surface area contributed by atoms with E-state index < -0.39 is 17.8 Å². The number of carbonyl (C=O) groups excluding carboxylic acids is 2. The van der Waals surface area contributed by atoms with E-state index in [-0.39, 0.29) is 36.9 Å². The van der Waals surface area contributed by atoms with Crippen molar-refractivity contribution in [3.05, 3.63) is 75.8 Å². The van der Waals surface area contributed by atoms with Crippen molar-refractivity contribution >= 4 is 34.4 Å². The Morgan fingerprint density at radius 1 is 1.12 bits per heavy atom. The van der Waals surface area contributed by atoms with Crippen LogP contribution >= 0.6 is 11.3 Å². The molecule has 0 saturated heterocycles. The average Bonchev–Trinajstić information content (AvgIpc) is 3.45. The largest absolute Gasteiger partial charge is 0.449 e. The molecule has 0 spiro atoms. The molecule has 0 fully saturated rings. The maximum absolute atomic E-state index is 13.6. The zero-order valence-corrected chi connectivity index (χ0v) is 18.6. The van der Waals surface area contributed by atoms with Crippen molar-refractivity contribution in [1.29, 1.82) is 0 Å². The van der Waals surface area contributed by atoms with E-state index in [0.717, 1.165) is 0 Å². The maximum atomic E-state index is 13.6. The van der Waals surface area contributed by atoms with Crippen LogP contribution in [0, 0.1) is 11.6 Å². The van der Waals surface area contributed by atoms with E-state index in [1.807, 2.05) is 0 Å². The lowest BCUT2D eigenvalue weighted by Crippen LogP contribution is -2.27. The van der Waals surface area contributed by atoms with Crippen LogP contribution in [-0.2, 0) is 24.1 Å². The molecule has 0 saturated carbocycles. The summed E-state index contributed by atoms with van der Waals surface area (Å²) in [6.45, 7) is 0.333. The number of nitrogens with zero attached hydrogens (tertiary/aromatic N) is 3. The first-order valence-corrected chi connectivity index (χ1v) is 11.2. The molecule has 3 aromatic heterocycles. The molecule has 34 heavy (non-hydrogen) atoms. The van der Waals surface area contributed by atoms with E-state index in [1.165, 1.54) is 41.8 Å². The predicted octanol–water partition coefficient (Wildman–Crippen LogP) is 3.13. The van der Waals surface area contributed by atoms with Gasteiger partial charge < -0.3 is 20.4 Å². The van der Waals surface area contributed by atoms with Gasteiger partial charge in [-0.25, -0.2) is 23.5 Å². The van der Waals surface area contributed by atoms with Gasteiger partial charge in [0.15, 0.2) is 0 Å². The third-order valence-electron chi connectivity index (χ3n) is 4.71. The second kappa shape index (κ2) is 10.8. The van der Waals surface area contributed by atoms with Gasteiger partial charge in [0.25, 0.3) is 5.91 Å². The Balaban J connectivity index is 1.15. The number of fused-ring (bicyclic) bond motifs is 1. The Labute approximate surface area is 196 Å². The van der Waals surface area contributed by atoms with Crippen molar-refractivity contribution in [3.63, 3.8) is 0 Å². The predicted molar refractivity (Wildman–Crippen MR) is 120 cm³/mol. The van der Waals surface area contributed by atoms with Crippen LogP contribution in [0.25, 0.3) is 11.0 Å². The number of halogens is 2. The van der Waals surface area contributed by atoms with E-state index >= 15 is 0 Å². The third kappa shape index (κ3) is 6.10. The van der Waals surface area contributed by atoms with E-state index in [9.17, 15) is 18.4 Å². The number of rotatable bonds is 9. The lowest BCUT2D eigenvalue weighted by Gasteiger charge is -2.05. The van der Waals surface area contributed by atoms with Crippen LogP contribution in [0.4, 0.5) is 13.6 Å². The Morgan fingerprint density at radius 2 is 2.00 bits per heavy atom. The molecule has 3 N–H and O–H groups in total. The fraction of sp³-hybridized carbons (Fsp3) is 0.227. The van der Waals surface area contributed by atoms with Gasteiger partial charge in [0, 0.05) is 31.0 Å². The zero-order valence-electron chi connectivity index (χ0n) is 17.8. The molecule has 4 rings (SSSR count). The lowest BCUT2D eigenvalue weighted by molar-refractivity contribution is 0.0945. The van der Waals surface area contributed by atoms with Crippen LogP contribution in [0.2, 0.25) is 0 Å². The van der Waals surface area contributed by atoms with Gasteiger partial charge in [-0.1, -0.05) is 0 Å². The molecule has 0 bridgehead atoms. The van der Waals surface area contributed by atoms with Crippen molar-refractivity contribution in [2.45, 2.75) is 19.4 Å². The first kappa shape index (κ1) is 23.2. The van der Waals surface area contributed by atoms with Crippen LogP contribution in [0.5, 0.6) is 0 Å². The zero-order chi connectivity index (χ0) is 23.9. The van der Waals surface area contributed by atoms with Gasteiger partial charge in [0.1, 0.15) is 29.8 Å². The molecule has 0 unspecified atom stereocenters. The number of alkyl carbamates (subject to hydrolysis) is 1. The molecule has 9 nitrogen and oxygen atoms in total. The first-order chi connectivity index (χ1) is 16.5. The second-order valence-corrected chi connectivity index (χ2v) is 8.09. The number of hydrogen-bond acceptors (Lipinski definition) is 7. The fourth-order valence-electron chi connectivity index (χ4n) is 3.05. The highest BCUT2D eigenvalue weighted by Crippen LogP contribution is 2.13. The average molecular weight is 487 g/mol. The van der Waals surface area contributed by atoms with Gasteiger partial charge in [0.2, 0.25) is 0 Å². The van der Waals surface area contributed by atoms with Crippen molar-refractivity contribution < 1.29 is 23.1 Å². The van der Waals surface area contributed by atoms with E-state index in [4.69, 9.17) is 4.74 Å². The number of carbonyl (C=O) groups is 2. The Kier molecular flexibility index (Phi) is 7.38. The van der Waals surface area contributed by atoms with Crippen LogP contribution in [0.3, 0.4) is 0 Å². The summed E-state index contributed by atoms with van der Waals surface area (Å²) in [5.41, 5.74) is 1.58. The number of aromatic nitrogens is 4. The van der Waals surface area contributed by atoms with Gasteiger partial charge in [-0.3, -0.25) is 9.78 Å². The minimum atomic E-state index is -0.589. The van der Waals surface area contributed by atoms with Crippen LogP contribution in [0.15, 0.2) is 41.9 Å². The highest BCUT2D eigenvalue weighted by Gasteiger charge is 2.13. The van der Waals surface area contributed by atoms with E-state index in [0.29, 0.717) is 34.7 Å². The summed E-state index contributed by atoms with van der Waals surface area (Å²) in [4.78, 5) is 39.5. The Bertz CT molecular complexity index is 1310. The summed E-state index contributed by atoms with van der Waals surface area (Å²) in [6, 6.07) is 7.01. The molecule has 12 heteroatoms. The van der Waals surface area contributed by atoms with Crippen LogP contribution in [-0.4, -0.2) is 45.1 Å². The quantitative estimate of drug-likeness (QED) is 0.334. The number of nitrogens with one attached hydrogen (secondary N) is 3. The highest BCUT2D eigenvalue weighted by molar-refractivity contribution is 7.09. The summed E-state index contributed by atoms with van der Waals surface area (Å²) in [5, 5.41) is 7.45. The number of ether oxygens (including phenoxy) is 1. The second-order valence-electron chi connectivity index (χ2n) is 7.15. The Morgan fingerprint density at radius 3 is 2.85 bits per heavy atom. The van der Waals surface area contributed by atoms with Crippen LogP contribution < -0.4 is 10.6 Å². The Hall–Kier alpha value is -3.93. The monoisotopic (exact) mass is 486 g/mol. The topological polar surface area (TPSA) is 122 Å². The van der Waals surface area contributed by atoms with Gasteiger partial charge >= 0.3 is 6.09 Å². The molecule has 1 aromatic carbocycles. The SMILES string of the molecule is O=C(NCCc1nc(C(=O)NCc2ncccc2F)cs1)OCCc1nc2ccc(F)cc2[nH]1. The summed E-state index contributed by atoms with van der Waals surface area (Å²) in [7, 11) is 0. The summed E-state index contributed by atoms with van der Waals surface area (Å²) < 4.78 is 31.9. The lowest BCUT2D eigenvalue weighted by atomic mass is 10.3. The highest BCUT2D eigenvalue weighted by atomic mass is 32.1. The number of thiazole rings is 1. The van der Waals surface area contributed by atoms with Gasteiger partial charge in [-0.2, -0.15) is 0 Å². The molecule has 0 aliphatic rings. The smallest absolute Gasteiger partial charge is 0.407 e. The molecule has 0 radical (unpaired) electrons. The fourth-order valence-corrected chi connectivity index (χ4v) is 3.83. The number of hydrogen-bond donors (Lipinski definition) is 3. The maximum Gasteiger partial charge on any atom is 0.407 e. The molecule has 0 aliphatic carbocycles. The molecule has 3 heterocycles. The summed E-state index contributed by atoms with van der Waals surface area (Å²) in [5.74, 6) is -0.695. The van der Waals surface area contributed by atoms with Gasteiger partial charge in [-0.05, 0) is 30.3 Å². The minimum absolute atomic E-state index is 0.0450. The molecule has 0 aliphatic heterocycles. The number of amides is 2. The van der Waals surface area contributed by atoms with Crippen molar-refractivity contribution in [1.82, 2.24) is 30.6 Å². The van der Waals surface area contributed by atoms with E-state index in [2.05, 4.69) is 30.6 Å². The number of aromatic amines is 1. The molecule has 4 aromatic rings. The number of pyridine rings is 1. The molecular weight excluding hydrogens is 466 g/mol. The third-order valence-corrected chi connectivity index (χ3v) is 5.62. The van der Waals surface area contributed by atoms with Gasteiger partial charge in [-0.15, -0.1) is 11.3 Å². The summed E-state index contributed by atoms with van der Waals surface area (Å²) in [6.07, 6.45) is 1.63. The molecule has 176 valence electrons. The first-order valence-electron chi connectivity index (χ1n) is 10.3. The summed E-state index contributed by atoms with van der Waals surface area (Å²) >= 11 is 1.28. The van der Waals surface area contributed by atoms with Crippen LogP contribution in [0.1, 0.15) is 27.0 Å². The molecule has 2 amide bonds. The minimum Gasteiger partial charge on any atom is -0.449 e. The van der Waals surface area contributed by atoms with E-state index in [1.54, 1.807) is 11.4 Å². The van der Waals surface area contributed by atoms with Crippen molar-refractivity contribution in [3.8, 4) is 0 Å². The van der Waals surface area contributed by atoms with Crippen molar-refractivity contribution in [2.24, 2.45) is 0 Å². The number of imidazole rings is 1. The normalized spacial score (nSPS) is 10.9. The number of benzene rings is 1. The molecular formula is C22H20F2N6O3S.